The molecule has 0 heterocycles. The Balaban J connectivity index is 1.71. The SMILES string of the molecule is CCC1CCC(NC2CCCCCC2)C1. The molecular formula is C14H27N. The highest BCUT2D eigenvalue weighted by molar-refractivity contribution is 4.83. The van der Waals surface area contributed by atoms with Crippen LogP contribution in [0.4, 0.5) is 0 Å². The summed E-state index contributed by atoms with van der Waals surface area (Å²) in [5, 5.41) is 3.92. The van der Waals surface area contributed by atoms with Gasteiger partial charge >= 0.3 is 0 Å². The molecule has 2 atom stereocenters. The molecule has 2 unspecified atom stereocenters. The fourth-order valence-electron chi connectivity index (χ4n) is 3.38. The van der Waals surface area contributed by atoms with Crippen LogP contribution in [0.5, 0.6) is 0 Å². The van der Waals surface area contributed by atoms with Crippen molar-refractivity contribution in [3.8, 4) is 0 Å². The lowest BCUT2D eigenvalue weighted by atomic mass is 10.0. The maximum atomic E-state index is 3.92. The molecular weight excluding hydrogens is 182 g/mol. The second-order valence-corrected chi connectivity index (χ2v) is 5.64. The molecule has 0 bridgehead atoms. The molecule has 88 valence electrons. The van der Waals surface area contributed by atoms with Crippen molar-refractivity contribution >= 4 is 0 Å². The highest BCUT2D eigenvalue weighted by Gasteiger charge is 2.25. The Labute approximate surface area is 95.0 Å². The van der Waals surface area contributed by atoms with Gasteiger partial charge in [-0.2, -0.15) is 0 Å². The maximum absolute atomic E-state index is 3.92. The van der Waals surface area contributed by atoms with Crippen molar-refractivity contribution in [2.24, 2.45) is 5.92 Å². The van der Waals surface area contributed by atoms with Crippen LogP contribution in [-0.2, 0) is 0 Å². The first-order valence-corrected chi connectivity index (χ1v) is 7.14. The maximum Gasteiger partial charge on any atom is 0.00723 e. The Morgan fingerprint density at radius 1 is 0.867 bits per heavy atom. The summed E-state index contributed by atoms with van der Waals surface area (Å²) in [7, 11) is 0. The van der Waals surface area contributed by atoms with Crippen LogP contribution in [0, 0.1) is 5.92 Å². The molecule has 0 saturated heterocycles. The predicted octanol–water partition coefficient (Wildman–Crippen LogP) is 3.88. The third-order valence-electron chi connectivity index (χ3n) is 4.45. The summed E-state index contributed by atoms with van der Waals surface area (Å²) >= 11 is 0. The lowest BCUT2D eigenvalue weighted by molar-refractivity contribution is 0.385. The van der Waals surface area contributed by atoms with Crippen molar-refractivity contribution in [1.82, 2.24) is 5.32 Å². The molecule has 1 heteroatoms. The van der Waals surface area contributed by atoms with Gasteiger partial charge in [0.1, 0.15) is 0 Å². The van der Waals surface area contributed by atoms with Crippen molar-refractivity contribution < 1.29 is 0 Å². The van der Waals surface area contributed by atoms with Gasteiger partial charge in [-0.15, -0.1) is 0 Å². The van der Waals surface area contributed by atoms with Gasteiger partial charge in [-0.3, -0.25) is 0 Å². The van der Waals surface area contributed by atoms with Gasteiger partial charge in [0.05, 0.1) is 0 Å². The van der Waals surface area contributed by atoms with Gasteiger partial charge in [0.25, 0.3) is 0 Å². The van der Waals surface area contributed by atoms with Crippen LogP contribution in [-0.4, -0.2) is 12.1 Å². The molecule has 15 heavy (non-hydrogen) atoms. The molecule has 1 nitrogen and oxygen atoms in total. The second kappa shape index (κ2) is 5.89. The Hall–Kier alpha value is -0.0400. The smallest absolute Gasteiger partial charge is 0.00723 e. The predicted molar refractivity (Wildman–Crippen MR) is 66.0 cm³/mol. The minimum absolute atomic E-state index is 0.855. The molecule has 0 aromatic rings. The van der Waals surface area contributed by atoms with E-state index in [1.165, 1.54) is 64.2 Å². The van der Waals surface area contributed by atoms with Crippen LogP contribution in [0.3, 0.4) is 0 Å². The third kappa shape index (κ3) is 3.48. The summed E-state index contributed by atoms with van der Waals surface area (Å²) in [6.45, 7) is 2.35. The van der Waals surface area contributed by atoms with E-state index in [4.69, 9.17) is 0 Å². The molecule has 0 aromatic heterocycles. The summed E-state index contributed by atoms with van der Waals surface area (Å²) in [5.41, 5.74) is 0. The van der Waals surface area contributed by atoms with Gasteiger partial charge in [-0.25, -0.2) is 0 Å². The lowest BCUT2D eigenvalue weighted by Gasteiger charge is -2.21. The van der Waals surface area contributed by atoms with E-state index >= 15 is 0 Å². The average molecular weight is 209 g/mol. The summed E-state index contributed by atoms with van der Waals surface area (Å²) in [4.78, 5) is 0. The van der Waals surface area contributed by atoms with Crippen LogP contribution in [0.1, 0.15) is 71.1 Å². The van der Waals surface area contributed by atoms with Gasteiger partial charge < -0.3 is 5.32 Å². The van der Waals surface area contributed by atoms with Crippen LogP contribution >= 0.6 is 0 Å². The zero-order chi connectivity index (χ0) is 10.5. The molecule has 0 aromatic carbocycles. The van der Waals surface area contributed by atoms with Crippen LogP contribution in [0.2, 0.25) is 0 Å². The van der Waals surface area contributed by atoms with E-state index in [9.17, 15) is 0 Å². The normalized spacial score (nSPS) is 34.2. The Morgan fingerprint density at radius 2 is 1.60 bits per heavy atom. The number of nitrogens with one attached hydrogen (secondary N) is 1. The van der Waals surface area contributed by atoms with E-state index in [1.807, 2.05) is 0 Å². The lowest BCUT2D eigenvalue weighted by Crippen LogP contribution is -2.36. The fraction of sp³-hybridized carbons (Fsp3) is 1.00. The zero-order valence-electron chi connectivity index (χ0n) is 10.3. The Bertz CT molecular complexity index is 170. The highest BCUT2D eigenvalue weighted by Crippen LogP contribution is 2.29. The molecule has 2 aliphatic rings. The van der Waals surface area contributed by atoms with E-state index in [-0.39, 0.29) is 0 Å². The summed E-state index contributed by atoms with van der Waals surface area (Å²) < 4.78 is 0. The monoisotopic (exact) mass is 209 g/mol. The summed E-state index contributed by atoms with van der Waals surface area (Å²) in [6, 6.07) is 1.71. The molecule has 0 amide bonds. The first-order chi connectivity index (χ1) is 7.38. The molecule has 2 fully saturated rings. The van der Waals surface area contributed by atoms with Gasteiger partial charge in [0.2, 0.25) is 0 Å². The number of hydrogen-bond acceptors (Lipinski definition) is 1. The Kier molecular flexibility index (Phi) is 4.49. The molecule has 2 saturated carbocycles. The van der Waals surface area contributed by atoms with E-state index < -0.39 is 0 Å². The fourth-order valence-corrected chi connectivity index (χ4v) is 3.38. The van der Waals surface area contributed by atoms with Crippen molar-refractivity contribution in [2.45, 2.75) is 83.2 Å². The molecule has 0 spiro atoms. The van der Waals surface area contributed by atoms with Crippen molar-refractivity contribution in [1.29, 1.82) is 0 Å². The second-order valence-electron chi connectivity index (χ2n) is 5.64. The first-order valence-electron chi connectivity index (χ1n) is 7.14. The topological polar surface area (TPSA) is 12.0 Å². The largest absolute Gasteiger partial charge is 0.311 e. The Morgan fingerprint density at radius 3 is 2.20 bits per heavy atom. The molecule has 0 aliphatic heterocycles. The zero-order valence-corrected chi connectivity index (χ0v) is 10.3. The van der Waals surface area contributed by atoms with Gasteiger partial charge in [0.15, 0.2) is 0 Å². The van der Waals surface area contributed by atoms with E-state index in [2.05, 4.69) is 12.2 Å². The summed E-state index contributed by atoms with van der Waals surface area (Å²) in [5.74, 6) is 1.02. The van der Waals surface area contributed by atoms with Crippen LogP contribution in [0.15, 0.2) is 0 Å². The van der Waals surface area contributed by atoms with E-state index in [1.54, 1.807) is 0 Å². The van der Waals surface area contributed by atoms with E-state index in [0.717, 1.165) is 18.0 Å². The minimum atomic E-state index is 0.855. The van der Waals surface area contributed by atoms with Crippen LogP contribution < -0.4 is 5.32 Å². The highest BCUT2D eigenvalue weighted by atomic mass is 15.0. The average Bonchev–Trinajstić information content (AvgIpc) is 2.54. The van der Waals surface area contributed by atoms with Crippen molar-refractivity contribution in [3.05, 3.63) is 0 Å². The molecule has 0 radical (unpaired) electrons. The van der Waals surface area contributed by atoms with Crippen molar-refractivity contribution in [3.63, 3.8) is 0 Å². The quantitative estimate of drug-likeness (QED) is 0.696. The van der Waals surface area contributed by atoms with Crippen LogP contribution in [0.25, 0.3) is 0 Å². The minimum Gasteiger partial charge on any atom is -0.311 e. The van der Waals surface area contributed by atoms with Crippen molar-refractivity contribution in [2.75, 3.05) is 0 Å². The van der Waals surface area contributed by atoms with Gasteiger partial charge in [0, 0.05) is 12.1 Å². The van der Waals surface area contributed by atoms with E-state index in [0.29, 0.717) is 0 Å². The molecule has 1 N–H and O–H groups in total. The van der Waals surface area contributed by atoms with Gasteiger partial charge in [-0.1, -0.05) is 39.0 Å². The summed E-state index contributed by atoms with van der Waals surface area (Å²) in [6.07, 6.45) is 14.5. The first kappa shape index (κ1) is 11.4. The standard InChI is InChI=1S/C14H27N/c1-2-12-9-10-14(11-12)15-13-7-5-3-4-6-8-13/h12-15H,2-11H2,1H3. The number of hydrogen-bond donors (Lipinski definition) is 1. The molecule has 2 rings (SSSR count). The molecule has 2 aliphatic carbocycles. The number of rotatable bonds is 3. The third-order valence-corrected chi connectivity index (χ3v) is 4.45. The van der Waals surface area contributed by atoms with Gasteiger partial charge in [-0.05, 0) is 38.0 Å².